The standard InChI is InChI=1S/C34H35ClN4O5S2/c1-23-4-10-26(11-5-23)46(40,41)39-29(25-8-6-24(7-9-25)21-38-14-16-43-17-15-38)18-27-31(28(35)19-36-32(27)39)30-20-37-33(45-30)34(12-3-13-34)44-22-42-2/h4-11,18-20H,3,12-17,21-22H2,1-2H3. The van der Waals surface area contributed by atoms with Crippen molar-refractivity contribution in [2.45, 2.75) is 43.2 Å². The van der Waals surface area contributed by atoms with Crippen molar-refractivity contribution in [3.63, 3.8) is 0 Å². The number of morpholine rings is 1. The van der Waals surface area contributed by atoms with Crippen LogP contribution in [0.5, 0.6) is 0 Å². The van der Waals surface area contributed by atoms with Crippen LogP contribution in [0.2, 0.25) is 5.02 Å². The number of halogens is 1. The van der Waals surface area contributed by atoms with Crippen molar-refractivity contribution in [1.29, 1.82) is 0 Å². The molecular formula is C34H35ClN4O5S2. The summed E-state index contributed by atoms with van der Waals surface area (Å²) >= 11 is 8.36. The molecule has 0 amide bonds. The van der Waals surface area contributed by atoms with Gasteiger partial charge in [0.15, 0.2) is 5.65 Å². The topological polar surface area (TPSA) is 95.8 Å². The third-order valence-corrected chi connectivity index (χ3v) is 12.0. The molecule has 4 heterocycles. The monoisotopic (exact) mass is 678 g/mol. The van der Waals surface area contributed by atoms with Crippen LogP contribution in [0.1, 0.15) is 35.4 Å². The number of hydrogen-bond acceptors (Lipinski definition) is 9. The fourth-order valence-electron chi connectivity index (χ4n) is 6.10. The van der Waals surface area contributed by atoms with Crippen LogP contribution in [0.25, 0.3) is 32.7 Å². The number of aryl methyl sites for hydroxylation is 1. The van der Waals surface area contributed by atoms with E-state index in [2.05, 4.69) is 22.0 Å². The highest BCUT2D eigenvalue weighted by Gasteiger charge is 2.43. The molecule has 0 N–H and O–H groups in total. The van der Waals surface area contributed by atoms with Crippen LogP contribution in [0.4, 0.5) is 0 Å². The van der Waals surface area contributed by atoms with Gasteiger partial charge in [-0.05, 0) is 55.5 Å². The largest absolute Gasteiger partial charge is 0.379 e. The number of methoxy groups -OCH3 is 1. The van der Waals surface area contributed by atoms with Crippen molar-refractivity contribution in [2.75, 3.05) is 40.2 Å². The third kappa shape index (κ3) is 5.79. The first-order chi connectivity index (χ1) is 22.3. The van der Waals surface area contributed by atoms with Gasteiger partial charge in [-0.25, -0.2) is 22.4 Å². The normalized spacial score (nSPS) is 16.9. The van der Waals surface area contributed by atoms with E-state index in [1.807, 2.05) is 25.1 Å². The number of aromatic nitrogens is 3. The summed E-state index contributed by atoms with van der Waals surface area (Å²) < 4.78 is 46.9. The Balaban J connectivity index is 1.36. The minimum absolute atomic E-state index is 0.182. The number of rotatable bonds is 10. The molecule has 9 nitrogen and oxygen atoms in total. The number of fused-ring (bicyclic) bond motifs is 1. The van der Waals surface area contributed by atoms with E-state index in [1.54, 1.807) is 37.6 Å². The van der Waals surface area contributed by atoms with E-state index in [0.717, 1.165) is 78.7 Å². The van der Waals surface area contributed by atoms with Crippen LogP contribution >= 0.6 is 22.9 Å². The summed E-state index contributed by atoms with van der Waals surface area (Å²) in [6.07, 6.45) is 6.09. The Bertz CT molecular complexity index is 1960. The maximum Gasteiger partial charge on any atom is 0.269 e. The zero-order valence-electron chi connectivity index (χ0n) is 25.7. The van der Waals surface area contributed by atoms with Crippen molar-refractivity contribution in [3.05, 3.63) is 88.1 Å². The Morgan fingerprint density at radius 2 is 1.76 bits per heavy atom. The molecule has 46 heavy (non-hydrogen) atoms. The zero-order chi connectivity index (χ0) is 31.9. The molecule has 1 saturated heterocycles. The highest BCUT2D eigenvalue weighted by atomic mass is 35.5. The molecule has 0 atom stereocenters. The molecule has 12 heteroatoms. The Morgan fingerprint density at radius 1 is 1.02 bits per heavy atom. The van der Waals surface area contributed by atoms with E-state index >= 15 is 0 Å². The van der Waals surface area contributed by atoms with Crippen molar-refractivity contribution < 1.29 is 22.6 Å². The van der Waals surface area contributed by atoms with Gasteiger partial charge in [0, 0.05) is 50.1 Å². The Labute approximate surface area is 277 Å². The van der Waals surface area contributed by atoms with E-state index in [1.165, 1.54) is 21.5 Å². The molecule has 0 radical (unpaired) electrons. The van der Waals surface area contributed by atoms with E-state index < -0.39 is 15.6 Å². The number of ether oxygens (including phenoxy) is 3. The minimum atomic E-state index is -4.04. The number of hydrogen-bond donors (Lipinski definition) is 0. The van der Waals surface area contributed by atoms with Gasteiger partial charge in [-0.15, -0.1) is 11.3 Å². The lowest BCUT2D eigenvalue weighted by atomic mass is 9.80. The lowest BCUT2D eigenvalue weighted by Gasteiger charge is -2.39. The highest BCUT2D eigenvalue weighted by Crippen LogP contribution is 2.49. The molecule has 0 unspecified atom stereocenters. The van der Waals surface area contributed by atoms with Crippen molar-refractivity contribution in [1.82, 2.24) is 18.8 Å². The molecule has 2 aliphatic rings. The fraction of sp³-hybridized carbons (Fsp3) is 0.353. The summed E-state index contributed by atoms with van der Waals surface area (Å²) in [7, 11) is -2.43. The maximum atomic E-state index is 14.4. The van der Waals surface area contributed by atoms with Crippen molar-refractivity contribution >= 4 is 44.0 Å². The van der Waals surface area contributed by atoms with Crippen LogP contribution in [0.3, 0.4) is 0 Å². The number of benzene rings is 2. The lowest BCUT2D eigenvalue weighted by Crippen LogP contribution is -2.37. The van der Waals surface area contributed by atoms with Gasteiger partial charge in [0.05, 0.1) is 33.7 Å². The average molecular weight is 679 g/mol. The SMILES string of the molecule is COCOC1(c2ncc(-c3c(Cl)cnc4c3cc(-c3ccc(CN5CCOCC5)cc3)n4S(=O)(=O)c3ccc(C)cc3)s2)CCC1. The van der Waals surface area contributed by atoms with Crippen LogP contribution in [0, 0.1) is 6.92 Å². The number of nitrogens with zero attached hydrogens (tertiary/aromatic N) is 4. The maximum absolute atomic E-state index is 14.4. The van der Waals surface area contributed by atoms with Gasteiger partial charge in [0.25, 0.3) is 10.0 Å². The summed E-state index contributed by atoms with van der Waals surface area (Å²) in [5.41, 5.74) is 3.90. The van der Waals surface area contributed by atoms with Crippen LogP contribution < -0.4 is 0 Å². The molecule has 3 aromatic heterocycles. The van der Waals surface area contributed by atoms with E-state index in [4.69, 9.17) is 30.8 Å². The molecule has 2 aromatic carbocycles. The second-order valence-corrected chi connectivity index (χ2v) is 15.1. The molecule has 1 saturated carbocycles. The molecule has 7 rings (SSSR count). The van der Waals surface area contributed by atoms with E-state index in [9.17, 15) is 8.42 Å². The average Bonchev–Trinajstić information content (AvgIpc) is 3.68. The minimum Gasteiger partial charge on any atom is -0.379 e. The molecule has 2 fully saturated rings. The molecule has 5 aromatic rings. The van der Waals surface area contributed by atoms with Crippen LogP contribution in [0.15, 0.2) is 71.9 Å². The van der Waals surface area contributed by atoms with Crippen LogP contribution in [-0.4, -0.2) is 67.5 Å². The fourth-order valence-corrected chi connectivity index (χ4v) is 9.08. The summed E-state index contributed by atoms with van der Waals surface area (Å²) in [5, 5.41) is 1.90. The molecule has 0 spiro atoms. The second kappa shape index (κ2) is 12.8. The first kappa shape index (κ1) is 31.4. The summed E-state index contributed by atoms with van der Waals surface area (Å²) in [4.78, 5) is 12.7. The molecule has 1 aliphatic carbocycles. The Morgan fingerprint density at radius 3 is 2.43 bits per heavy atom. The van der Waals surface area contributed by atoms with Gasteiger partial charge in [0.1, 0.15) is 17.4 Å². The zero-order valence-corrected chi connectivity index (χ0v) is 28.1. The quantitative estimate of drug-likeness (QED) is 0.148. The van der Waals surface area contributed by atoms with Crippen molar-refractivity contribution in [2.24, 2.45) is 0 Å². The molecule has 1 aliphatic heterocycles. The Hall–Kier alpha value is -3.16. The predicted octanol–water partition coefficient (Wildman–Crippen LogP) is 6.86. The summed E-state index contributed by atoms with van der Waals surface area (Å²) in [5.74, 6) is 0. The van der Waals surface area contributed by atoms with Gasteiger partial charge < -0.3 is 14.2 Å². The number of pyridine rings is 1. The lowest BCUT2D eigenvalue weighted by molar-refractivity contribution is -0.171. The third-order valence-electron chi connectivity index (χ3n) is 8.82. The van der Waals surface area contributed by atoms with E-state index in [-0.39, 0.29) is 11.7 Å². The second-order valence-electron chi connectivity index (χ2n) is 11.8. The highest BCUT2D eigenvalue weighted by molar-refractivity contribution is 7.90. The van der Waals surface area contributed by atoms with Gasteiger partial charge >= 0.3 is 0 Å². The van der Waals surface area contributed by atoms with Gasteiger partial charge in [-0.3, -0.25) is 4.90 Å². The molecule has 0 bridgehead atoms. The molecular weight excluding hydrogens is 644 g/mol. The Kier molecular flexibility index (Phi) is 8.75. The number of thiazole rings is 1. The predicted molar refractivity (Wildman–Crippen MR) is 180 cm³/mol. The van der Waals surface area contributed by atoms with Gasteiger partial charge in [0.2, 0.25) is 0 Å². The summed E-state index contributed by atoms with van der Waals surface area (Å²) in [6, 6.07) is 16.8. The van der Waals surface area contributed by atoms with Gasteiger partial charge in [-0.2, -0.15) is 0 Å². The van der Waals surface area contributed by atoms with Crippen molar-refractivity contribution in [3.8, 4) is 21.7 Å². The first-order valence-electron chi connectivity index (χ1n) is 15.3. The molecule has 240 valence electrons. The summed E-state index contributed by atoms with van der Waals surface area (Å²) in [6.45, 7) is 6.16. The first-order valence-corrected chi connectivity index (χ1v) is 17.9. The van der Waals surface area contributed by atoms with Gasteiger partial charge in [-0.1, -0.05) is 53.6 Å². The smallest absolute Gasteiger partial charge is 0.269 e. The van der Waals surface area contributed by atoms with E-state index in [0.29, 0.717) is 27.3 Å². The van der Waals surface area contributed by atoms with Crippen LogP contribution in [-0.2, 0) is 36.4 Å².